The molecule has 3 aliphatic rings. The van der Waals surface area contributed by atoms with Gasteiger partial charge in [0.1, 0.15) is 18.0 Å². The number of amides is 1. The molecular formula is C32H33FN6O2. The van der Waals surface area contributed by atoms with Gasteiger partial charge in [-0.1, -0.05) is 31.0 Å². The summed E-state index contributed by atoms with van der Waals surface area (Å²) in [5.41, 5.74) is 5.32. The SMILES string of the molecule is Cn1cnnc1-c1cc(F)ccc1-c1cc(C2CC2)nc(N2Cc3ccc(CNCC4(O)CCCC4)cc3C2=O)c1. The molecule has 2 aromatic carbocycles. The van der Waals surface area contributed by atoms with E-state index in [4.69, 9.17) is 4.98 Å². The second-order valence-electron chi connectivity index (χ2n) is 11.8. The van der Waals surface area contributed by atoms with E-state index in [1.165, 1.54) is 12.1 Å². The number of carbonyl (C=O) groups excluding carboxylic acids is 1. The summed E-state index contributed by atoms with van der Waals surface area (Å²) in [4.78, 5) is 20.4. The molecule has 2 fully saturated rings. The predicted molar refractivity (Wildman–Crippen MR) is 154 cm³/mol. The van der Waals surface area contributed by atoms with Crippen molar-refractivity contribution in [1.29, 1.82) is 0 Å². The Morgan fingerprint density at radius 1 is 1.05 bits per heavy atom. The topological polar surface area (TPSA) is 96.2 Å². The first-order valence-corrected chi connectivity index (χ1v) is 14.4. The van der Waals surface area contributed by atoms with Crippen molar-refractivity contribution in [2.75, 3.05) is 11.4 Å². The van der Waals surface area contributed by atoms with E-state index in [-0.39, 0.29) is 11.7 Å². The van der Waals surface area contributed by atoms with Crippen LogP contribution in [0.3, 0.4) is 0 Å². The van der Waals surface area contributed by atoms with Crippen LogP contribution in [0.5, 0.6) is 0 Å². The number of hydrogen-bond acceptors (Lipinski definition) is 6. The number of rotatable bonds is 8. The van der Waals surface area contributed by atoms with Crippen molar-refractivity contribution in [2.24, 2.45) is 7.05 Å². The van der Waals surface area contributed by atoms with E-state index in [9.17, 15) is 14.3 Å². The number of nitrogens with zero attached hydrogens (tertiary/aromatic N) is 5. The van der Waals surface area contributed by atoms with E-state index in [1.54, 1.807) is 21.9 Å². The molecule has 2 aromatic heterocycles. The lowest BCUT2D eigenvalue weighted by atomic mass is 9.98. The van der Waals surface area contributed by atoms with Crippen molar-refractivity contribution in [3.63, 3.8) is 0 Å². The van der Waals surface area contributed by atoms with Gasteiger partial charge in [0, 0.05) is 42.9 Å². The molecule has 7 rings (SSSR count). The summed E-state index contributed by atoms with van der Waals surface area (Å²) >= 11 is 0. The number of halogens is 1. The molecule has 0 bridgehead atoms. The van der Waals surface area contributed by atoms with Gasteiger partial charge in [-0.15, -0.1) is 10.2 Å². The first kappa shape index (κ1) is 26.0. The Hall–Kier alpha value is -3.95. The van der Waals surface area contributed by atoms with Crippen molar-refractivity contribution in [3.8, 4) is 22.5 Å². The zero-order valence-electron chi connectivity index (χ0n) is 23.1. The van der Waals surface area contributed by atoms with Gasteiger partial charge in [0.05, 0.1) is 12.1 Å². The molecule has 0 spiro atoms. The van der Waals surface area contributed by atoms with Crippen molar-refractivity contribution in [3.05, 3.63) is 83.1 Å². The van der Waals surface area contributed by atoms with Crippen LogP contribution in [0.1, 0.15) is 71.6 Å². The number of nitrogens with one attached hydrogen (secondary N) is 1. The Labute approximate surface area is 238 Å². The average Bonchev–Trinajstić information content (AvgIpc) is 3.46. The Bertz CT molecular complexity index is 1640. The molecule has 4 aromatic rings. The first-order chi connectivity index (χ1) is 19.9. The molecule has 1 aliphatic heterocycles. The number of hydrogen-bond donors (Lipinski definition) is 2. The predicted octanol–water partition coefficient (Wildman–Crippen LogP) is 5.12. The van der Waals surface area contributed by atoms with E-state index >= 15 is 0 Å². The lowest BCUT2D eigenvalue weighted by Crippen LogP contribution is -2.37. The minimum Gasteiger partial charge on any atom is -0.389 e. The van der Waals surface area contributed by atoms with Crippen LogP contribution in [-0.4, -0.2) is 42.9 Å². The van der Waals surface area contributed by atoms with Crippen molar-refractivity contribution in [2.45, 2.75) is 63.1 Å². The zero-order chi connectivity index (χ0) is 28.1. The van der Waals surface area contributed by atoms with Crippen molar-refractivity contribution >= 4 is 11.7 Å². The van der Waals surface area contributed by atoms with Crippen LogP contribution in [0.4, 0.5) is 10.2 Å². The fourth-order valence-corrected chi connectivity index (χ4v) is 6.19. The van der Waals surface area contributed by atoms with E-state index in [2.05, 4.69) is 21.6 Å². The standard InChI is InChI=1S/C32H33FN6O2/c1-38-19-35-37-30(38)27-15-24(33)8-9-25(27)23-13-28(21-6-7-21)36-29(14-23)39-17-22-5-4-20(12-26(22)31(39)40)16-34-18-32(41)10-2-3-11-32/h4-5,8-9,12-15,19,21,34,41H,2-3,6-7,10-11,16-18H2,1H3. The van der Waals surface area contributed by atoms with Crippen LogP contribution < -0.4 is 10.2 Å². The average molecular weight is 553 g/mol. The lowest BCUT2D eigenvalue weighted by molar-refractivity contribution is 0.0474. The van der Waals surface area contributed by atoms with E-state index in [1.807, 2.05) is 31.3 Å². The van der Waals surface area contributed by atoms with E-state index in [0.29, 0.717) is 48.3 Å². The summed E-state index contributed by atoms with van der Waals surface area (Å²) in [5.74, 6) is 1.10. The smallest absolute Gasteiger partial charge is 0.260 e. The van der Waals surface area contributed by atoms with Gasteiger partial charge in [-0.3, -0.25) is 9.69 Å². The fourth-order valence-electron chi connectivity index (χ4n) is 6.19. The summed E-state index contributed by atoms with van der Waals surface area (Å²) in [7, 11) is 1.83. The Morgan fingerprint density at radius 3 is 2.63 bits per heavy atom. The third kappa shape index (κ3) is 5.04. The zero-order valence-corrected chi connectivity index (χ0v) is 23.1. The monoisotopic (exact) mass is 552 g/mol. The number of fused-ring (bicyclic) bond motifs is 1. The third-order valence-corrected chi connectivity index (χ3v) is 8.64. The molecule has 41 heavy (non-hydrogen) atoms. The number of aromatic nitrogens is 4. The maximum atomic E-state index is 14.4. The number of aliphatic hydroxyl groups is 1. The molecule has 2 aliphatic carbocycles. The second-order valence-corrected chi connectivity index (χ2v) is 11.8. The van der Waals surface area contributed by atoms with Gasteiger partial charge in [-0.2, -0.15) is 0 Å². The van der Waals surface area contributed by atoms with Crippen LogP contribution >= 0.6 is 0 Å². The minimum atomic E-state index is -0.615. The lowest BCUT2D eigenvalue weighted by Gasteiger charge is -2.22. The summed E-state index contributed by atoms with van der Waals surface area (Å²) in [6.07, 6.45) is 7.54. The summed E-state index contributed by atoms with van der Waals surface area (Å²) < 4.78 is 16.2. The van der Waals surface area contributed by atoms with Crippen LogP contribution in [-0.2, 0) is 20.1 Å². The van der Waals surface area contributed by atoms with Crippen LogP contribution in [0.15, 0.2) is 54.9 Å². The number of anilines is 1. The molecule has 3 heterocycles. The van der Waals surface area contributed by atoms with Gasteiger partial charge in [0.15, 0.2) is 5.82 Å². The number of pyridine rings is 1. The Kier molecular flexibility index (Phi) is 6.43. The van der Waals surface area contributed by atoms with Gasteiger partial charge in [-0.25, -0.2) is 9.37 Å². The molecule has 0 atom stereocenters. The van der Waals surface area contributed by atoms with Crippen LogP contribution in [0, 0.1) is 5.82 Å². The molecule has 0 saturated heterocycles. The highest BCUT2D eigenvalue weighted by molar-refractivity contribution is 6.10. The van der Waals surface area contributed by atoms with Crippen molar-refractivity contribution < 1.29 is 14.3 Å². The first-order valence-electron chi connectivity index (χ1n) is 14.4. The molecule has 2 saturated carbocycles. The summed E-state index contributed by atoms with van der Waals surface area (Å²) in [6, 6.07) is 14.7. The molecule has 8 nitrogen and oxygen atoms in total. The third-order valence-electron chi connectivity index (χ3n) is 8.64. The largest absolute Gasteiger partial charge is 0.389 e. The minimum absolute atomic E-state index is 0.0738. The Balaban J connectivity index is 1.19. The highest BCUT2D eigenvalue weighted by Crippen LogP contribution is 2.43. The molecule has 9 heteroatoms. The quantitative estimate of drug-likeness (QED) is 0.315. The van der Waals surface area contributed by atoms with Crippen molar-refractivity contribution in [1.82, 2.24) is 25.1 Å². The van der Waals surface area contributed by atoms with Crippen LogP contribution in [0.2, 0.25) is 0 Å². The maximum Gasteiger partial charge on any atom is 0.260 e. The highest BCUT2D eigenvalue weighted by Gasteiger charge is 2.33. The molecule has 2 N–H and O–H groups in total. The van der Waals surface area contributed by atoms with Gasteiger partial charge >= 0.3 is 0 Å². The van der Waals surface area contributed by atoms with Gasteiger partial charge in [0.2, 0.25) is 0 Å². The number of benzene rings is 2. The number of aryl methyl sites for hydroxylation is 1. The second kappa shape index (κ2) is 10.2. The van der Waals surface area contributed by atoms with E-state index < -0.39 is 5.60 Å². The molecule has 210 valence electrons. The van der Waals surface area contributed by atoms with Gasteiger partial charge in [-0.05, 0) is 78.3 Å². The Morgan fingerprint density at radius 2 is 1.88 bits per heavy atom. The molecule has 0 unspecified atom stereocenters. The fraction of sp³-hybridized carbons (Fsp3) is 0.375. The van der Waals surface area contributed by atoms with Gasteiger partial charge < -0.3 is 15.0 Å². The molecule has 0 radical (unpaired) electrons. The van der Waals surface area contributed by atoms with Gasteiger partial charge in [0.25, 0.3) is 5.91 Å². The maximum absolute atomic E-state index is 14.4. The molecule has 1 amide bonds. The highest BCUT2D eigenvalue weighted by atomic mass is 19.1. The summed E-state index contributed by atoms with van der Waals surface area (Å²) in [5, 5.41) is 22.2. The summed E-state index contributed by atoms with van der Waals surface area (Å²) in [6.45, 7) is 1.60. The van der Waals surface area contributed by atoms with Crippen LogP contribution in [0.25, 0.3) is 22.5 Å². The molecular weight excluding hydrogens is 519 g/mol. The van der Waals surface area contributed by atoms with E-state index in [0.717, 1.165) is 66.5 Å². The number of carbonyl (C=O) groups is 1. The normalized spacial score (nSPS) is 17.8.